The first kappa shape index (κ1) is 18.0. The van der Waals surface area contributed by atoms with Gasteiger partial charge in [-0.15, -0.1) is 10.2 Å². The molecule has 0 saturated heterocycles. The molecule has 0 bridgehead atoms. The van der Waals surface area contributed by atoms with Crippen LogP contribution in [0.2, 0.25) is 0 Å². The van der Waals surface area contributed by atoms with Crippen molar-refractivity contribution in [2.75, 3.05) is 5.32 Å². The van der Waals surface area contributed by atoms with Crippen molar-refractivity contribution >= 4 is 33.3 Å². The highest BCUT2D eigenvalue weighted by molar-refractivity contribution is 7.15. The molecule has 8 nitrogen and oxygen atoms in total. The lowest BCUT2D eigenvalue weighted by atomic mass is 10.2. The summed E-state index contributed by atoms with van der Waals surface area (Å²) in [4.78, 5) is 38.4. The number of anilines is 1. The van der Waals surface area contributed by atoms with Crippen LogP contribution in [0.1, 0.15) is 31.2 Å². The third-order valence-electron chi connectivity index (χ3n) is 3.92. The molecule has 0 fully saturated rings. The van der Waals surface area contributed by atoms with E-state index < -0.39 is 11.2 Å². The maximum atomic E-state index is 12.2. The van der Waals surface area contributed by atoms with Crippen LogP contribution in [0, 0.1) is 0 Å². The standard InChI is InChI=1S/C17H19N5O3S/c1-2-3-8-14-20-21-16(26-14)18-13(23)9-10-22-12-7-5-4-6-11(12)15(24)19-17(22)25/h4-7H,2-3,8-10H2,1H3,(H,18,21,23)(H,19,24,25). The Morgan fingerprint density at radius 1 is 1.27 bits per heavy atom. The van der Waals surface area contributed by atoms with Crippen molar-refractivity contribution < 1.29 is 4.79 Å². The van der Waals surface area contributed by atoms with Gasteiger partial charge in [0.25, 0.3) is 5.56 Å². The molecule has 2 heterocycles. The Labute approximate surface area is 152 Å². The van der Waals surface area contributed by atoms with Gasteiger partial charge in [0.15, 0.2) is 0 Å². The Kier molecular flexibility index (Phi) is 5.57. The van der Waals surface area contributed by atoms with Crippen molar-refractivity contribution in [2.45, 2.75) is 39.2 Å². The minimum absolute atomic E-state index is 0.0832. The van der Waals surface area contributed by atoms with Crippen LogP contribution in [0.5, 0.6) is 0 Å². The molecule has 0 aliphatic carbocycles. The number of nitrogens with one attached hydrogen (secondary N) is 2. The molecule has 3 rings (SSSR count). The number of rotatable bonds is 7. The van der Waals surface area contributed by atoms with E-state index in [-0.39, 0.29) is 18.9 Å². The molecule has 1 amide bonds. The van der Waals surface area contributed by atoms with Gasteiger partial charge in [-0.25, -0.2) is 4.79 Å². The third-order valence-corrected chi connectivity index (χ3v) is 4.82. The molecule has 0 radical (unpaired) electrons. The van der Waals surface area contributed by atoms with Gasteiger partial charge in [-0.05, 0) is 18.6 Å². The average molecular weight is 373 g/mol. The summed E-state index contributed by atoms with van der Waals surface area (Å²) in [5.41, 5.74) is -0.453. The first-order valence-corrected chi connectivity index (χ1v) is 9.24. The quantitative estimate of drug-likeness (QED) is 0.657. The number of hydrogen-bond donors (Lipinski definition) is 2. The molecule has 2 aromatic heterocycles. The number of nitrogens with zero attached hydrogens (tertiary/aromatic N) is 3. The molecule has 2 N–H and O–H groups in total. The molecule has 0 aliphatic heterocycles. The summed E-state index contributed by atoms with van der Waals surface area (Å²) in [5.74, 6) is -0.259. The molecule has 0 saturated carbocycles. The van der Waals surface area contributed by atoms with Crippen LogP contribution >= 0.6 is 11.3 Å². The van der Waals surface area contributed by atoms with Crippen LogP contribution in [-0.2, 0) is 17.8 Å². The monoisotopic (exact) mass is 373 g/mol. The fraction of sp³-hybridized carbons (Fsp3) is 0.353. The van der Waals surface area contributed by atoms with Gasteiger partial charge in [0.2, 0.25) is 11.0 Å². The van der Waals surface area contributed by atoms with Crippen molar-refractivity contribution in [3.8, 4) is 0 Å². The molecule has 0 unspecified atom stereocenters. The molecule has 0 spiro atoms. The maximum Gasteiger partial charge on any atom is 0.328 e. The van der Waals surface area contributed by atoms with E-state index in [0.29, 0.717) is 16.0 Å². The predicted octanol–water partition coefficient (Wildman–Crippen LogP) is 1.91. The smallest absolute Gasteiger partial charge is 0.300 e. The number of unbranched alkanes of at least 4 members (excludes halogenated alkanes) is 1. The first-order valence-electron chi connectivity index (χ1n) is 8.42. The van der Waals surface area contributed by atoms with Crippen LogP contribution in [0.4, 0.5) is 5.13 Å². The second-order valence-corrected chi connectivity index (χ2v) is 6.89. The van der Waals surface area contributed by atoms with Crippen molar-refractivity contribution in [1.82, 2.24) is 19.7 Å². The summed E-state index contributed by atoms with van der Waals surface area (Å²) in [5, 5.41) is 12.5. The highest BCUT2D eigenvalue weighted by Gasteiger charge is 2.11. The average Bonchev–Trinajstić information content (AvgIpc) is 3.07. The summed E-state index contributed by atoms with van der Waals surface area (Å²) >= 11 is 1.36. The highest BCUT2D eigenvalue weighted by atomic mass is 32.1. The number of carbonyl (C=O) groups excluding carboxylic acids is 1. The lowest BCUT2D eigenvalue weighted by Gasteiger charge is -2.08. The minimum atomic E-state index is -0.528. The summed E-state index contributed by atoms with van der Waals surface area (Å²) in [7, 11) is 0. The van der Waals surface area contributed by atoms with Gasteiger partial charge < -0.3 is 5.32 Å². The second kappa shape index (κ2) is 8.05. The van der Waals surface area contributed by atoms with E-state index in [9.17, 15) is 14.4 Å². The summed E-state index contributed by atoms with van der Waals surface area (Å²) in [6.45, 7) is 2.26. The number of aryl methyl sites for hydroxylation is 2. The van der Waals surface area contributed by atoms with Crippen LogP contribution < -0.4 is 16.6 Å². The lowest BCUT2D eigenvalue weighted by Crippen LogP contribution is -2.31. The van der Waals surface area contributed by atoms with E-state index in [1.807, 2.05) is 0 Å². The zero-order chi connectivity index (χ0) is 18.5. The summed E-state index contributed by atoms with van der Waals surface area (Å²) in [6, 6.07) is 6.80. The van der Waals surface area contributed by atoms with Gasteiger partial charge in [-0.2, -0.15) is 0 Å². The van der Waals surface area contributed by atoms with Crippen molar-refractivity contribution in [1.29, 1.82) is 0 Å². The third kappa shape index (κ3) is 4.05. The Balaban J connectivity index is 1.68. The molecule has 26 heavy (non-hydrogen) atoms. The van der Waals surface area contributed by atoms with E-state index in [4.69, 9.17) is 0 Å². The fourth-order valence-electron chi connectivity index (χ4n) is 2.59. The van der Waals surface area contributed by atoms with Crippen LogP contribution in [0.3, 0.4) is 0 Å². The Bertz CT molecular complexity index is 1040. The van der Waals surface area contributed by atoms with Crippen LogP contribution in [0.15, 0.2) is 33.9 Å². The summed E-state index contributed by atoms with van der Waals surface area (Å²) < 4.78 is 1.39. The molecule has 9 heteroatoms. The number of aromatic amines is 1. The van der Waals surface area contributed by atoms with Crippen molar-refractivity contribution in [2.24, 2.45) is 0 Å². The normalized spacial score (nSPS) is 11.0. The summed E-state index contributed by atoms with van der Waals surface area (Å²) in [6.07, 6.45) is 3.04. The lowest BCUT2D eigenvalue weighted by molar-refractivity contribution is -0.116. The number of fused-ring (bicyclic) bond motifs is 1. The largest absolute Gasteiger partial charge is 0.328 e. The molecule has 1 aromatic carbocycles. The zero-order valence-electron chi connectivity index (χ0n) is 14.3. The minimum Gasteiger partial charge on any atom is -0.300 e. The van der Waals surface area contributed by atoms with Crippen molar-refractivity contribution in [3.63, 3.8) is 0 Å². The van der Waals surface area contributed by atoms with Gasteiger partial charge >= 0.3 is 5.69 Å². The van der Waals surface area contributed by atoms with Gasteiger partial charge in [0.05, 0.1) is 10.9 Å². The number of hydrogen-bond acceptors (Lipinski definition) is 6. The van der Waals surface area contributed by atoms with E-state index in [1.165, 1.54) is 15.9 Å². The van der Waals surface area contributed by atoms with E-state index in [0.717, 1.165) is 24.3 Å². The Morgan fingerprint density at radius 3 is 2.88 bits per heavy atom. The number of benzene rings is 1. The second-order valence-electron chi connectivity index (χ2n) is 5.83. The van der Waals surface area contributed by atoms with Gasteiger partial charge in [-0.1, -0.05) is 36.8 Å². The van der Waals surface area contributed by atoms with E-state index >= 15 is 0 Å². The molecule has 0 aliphatic rings. The zero-order valence-corrected chi connectivity index (χ0v) is 15.1. The molecule has 0 atom stereocenters. The molecular formula is C17H19N5O3S. The molecular weight excluding hydrogens is 354 g/mol. The SMILES string of the molecule is CCCCc1nnc(NC(=O)CCn2c(=O)[nH]c(=O)c3ccccc32)s1. The Morgan fingerprint density at radius 2 is 2.08 bits per heavy atom. The number of para-hydroxylation sites is 1. The molecule has 3 aromatic rings. The highest BCUT2D eigenvalue weighted by Crippen LogP contribution is 2.17. The predicted molar refractivity (Wildman–Crippen MR) is 101 cm³/mol. The van der Waals surface area contributed by atoms with Gasteiger partial charge in [-0.3, -0.25) is 19.1 Å². The van der Waals surface area contributed by atoms with Gasteiger partial charge in [0.1, 0.15) is 5.01 Å². The topological polar surface area (TPSA) is 110 Å². The van der Waals surface area contributed by atoms with Crippen LogP contribution in [0.25, 0.3) is 10.9 Å². The number of H-pyrrole nitrogens is 1. The number of carbonyl (C=O) groups is 1. The van der Waals surface area contributed by atoms with Gasteiger partial charge in [0, 0.05) is 19.4 Å². The maximum absolute atomic E-state index is 12.2. The first-order chi connectivity index (χ1) is 12.6. The number of amides is 1. The molecule has 136 valence electrons. The van der Waals surface area contributed by atoms with Crippen LogP contribution in [-0.4, -0.2) is 25.7 Å². The van der Waals surface area contributed by atoms with E-state index in [1.54, 1.807) is 24.3 Å². The Hall–Kier alpha value is -2.81. The van der Waals surface area contributed by atoms with Crippen molar-refractivity contribution in [3.05, 3.63) is 50.1 Å². The fourth-order valence-corrected chi connectivity index (χ4v) is 3.39. The van der Waals surface area contributed by atoms with E-state index in [2.05, 4.69) is 27.4 Å². The number of aromatic nitrogens is 4.